The average molecular weight is 305 g/mol. The van der Waals surface area contributed by atoms with Gasteiger partial charge in [-0.25, -0.2) is 8.42 Å². The lowest BCUT2D eigenvalue weighted by molar-refractivity contribution is 0.600. The maximum atomic E-state index is 12.2. The molecule has 0 fully saturated rings. The van der Waals surface area contributed by atoms with Gasteiger partial charge in [0.15, 0.2) is 0 Å². The summed E-state index contributed by atoms with van der Waals surface area (Å²) in [5.74, 6) is 0. The van der Waals surface area contributed by atoms with Crippen molar-refractivity contribution in [2.75, 3.05) is 4.72 Å². The van der Waals surface area contributed by atoms with E-state index in [1.807, 2.05) is 12.1 Å². The quantitative estimate of drug-likeness (QED) is 0.857. The van der Waals surface area contributed by atoms with Gasteiger partial charge in [-0.05, 0) is 36.2 Å². The predicted molar refractivity (Wildman–Crippen MR) is 83.4 cm³/mol. The average Bonchev–Trinajstić information content (AvgIpc) is 2.49. The van der Waals surface area contributed by atoms with Crippen LogP contribution in [0.2, 0.25) is 0 Å². The summed E-state index contributed by atoms with van der Waals surface area (Å²) in [4.78, 5) is 4.12. The first-order valence-electron chi connectivity index (χ1n) is 6.82. The third-order valence-corrected chi connectivity index (χ3v) is 4.43. The smallest absolute Gasteiger partial charge is 0.263 e. The van der Waals surface area contributed by atoms with Gasteiger partial charge in [0.25, 0.3) is 10.0 Å². The summed E-state index contributed by atoms with van der Waals surface area (Å²) in [6.07, 6.45) is 3.36. The molecule has 5 nitrogen and oxygen atoms in total. The van der Waals surface area contributed by atoms with Crippen LogP contribution in [0.15, 0.2) is 47.5 Å². The molecule has 2 rings (SSSR count). The highest BCUT2D eigenvalue weighted by atomic mass is 32.2. The van der Waals surface area contributed by atoms with E-state index in [1.165, 1.54) is 17.8 Å². The normalized spacial score (nSPS) is 11.3. The number of anilines is 1. The summed E-state index contributed by atoms with van der Waals surface area (Å²) in [5, 5.41) is 0. The SMILES string of the molecule is CCCc1ccc(NS(=O)(=O)c2ccc(CN)nc2)cc1. The van der Waals surface area contributed by atoms with Crippen molar-refractivity contribution >= 4 is 15.7 Å². The number of hydrogen-bond acceptors (Lipinski definition) is 4. The Morgan fingerprint density at radius 1 is 1.14 bits per heavy atom. The zero-order valence-corrected chi connectivity index (χ0v) is 12.7. The zero-order valence-electron chi connectivity index (χ0n) is 11.9. The first kappa shape index (κ1) is 15.5. The molecule has 0 amide bonds. The molecule has 2 aromatic rings. The van der Waals surface area contributed by atoms with Crippen molar-refractivity contribution in [2.45, 2.75) is 31.2 Å². The van der Waals surface area contributed by atoms with Crippen molar-refractivity contribution in [2.24, 2.45) is 5.73 Å². The van der Waals surface area contributed by atoms with Crippen molar-refractivity contribution in [1.82, 2.24) is 4.98 Å². The molecule has 0 radical (unpaired) electrons. The highest BCUT2D eigenvalue weighted by molar-refractivity contribution is 7.92. The Kier molecular flexibility index (Phi) is 4.93. The molecule has 0 atom stereocenters. The van der Waals surface area contributed by atoms with E-state index in [0.717, 1.165) is 12.8 Å². The number of hydrogen-bond donors (Lipinski definition) is 2. The molecule has 1 heterocycles. The molecule has 0 saturated carbocycles. The number of aryl methyl sites for hydroxylation is 1. The van der Waals surface area contributed by atoms with Crippen molar-refractivity contribution in [1.29, 1.82) is 0 Å². The fraction of sp³-hybridized carbons (Fsp3) is 0.267. The zero-order chi connectivity index (χ0) is 15.3. The molecular weight excluding hydrogens is 286 g/mol. The molecule has 21 heavy (non-hydrogen) atoms. The van der Waals surface area contributed by atoms with E-state index in [9.17, 15) is 8.42 Å². The largest absolute Gasteiger partial charge is 0.325 e. The molecule has 0 aliphatic carbocycles. The van der Waals surface area contributed by atoms with Gasteiger partial charge in [-0.3, -0.25) is 9.71 Å². The van der Waals surface area contributed by atoms with Gasteiger partial charge in [-0.1, -0.05) is 25.5 Å². The maximum Gasteiger partial charge on any atom is 0.263 e. The molecule has 0 bridgehead atoms. The van der Waals surface area contributed by atoms with Crippen LogP contribution in [0.5, 0.6) is 0 Å². The topological polar surface area (TPSA) is 85.1 Å². The number of nitrogens with zero attached hydrogens (tertiary/aromatic N) is 1. The summed E-state index contributed by atoms with van der Waals surface area (Å²) >= 11 is 0. The van der Waals surface area contributed by atoms with E-state index < -0.39 is 10.0 Å². The third kappa shape index (κ3) is 4.03. The Morgan fingerprint density at radius 2 is 1.86 bits per heavy atom. The van der Waals surface area contributed by atoms with Gasteiger partial charge in [0.1, 0.15) is 4.90 Å². The molecule has 3 N–H and O–H groups in total. The van der Waals surface area contributed by atoms with Gasteiger partial charge >= 0.3 is 0 Å². The summed E-state index contributed by atoms with van der Waals surface area (Å²) in [6, 6.07) is 10.5. The number of aromatic nitrogens is 1. The number of nitrogens with two attached hydrogens (primary N) is 1. The van der Waals surface area contributed by atoms with Crippen molar-refractivity contribution in [3.63, 3.8) is 0 Å². The second kappa shape index (κ2) is 6.69. The van der Waals surface area contributed by atoms with Crippen LogP contribution in [0.3, 0.4) is 0 Å². The lowest BCUT2D eigenvalue weighted by atomic mass is 10.1. The monoisotopic (exact) mass is 305 g/mol. The van der Waals surface area contributed by atoms with Gasteiger partial charge in [0.2, 0.25) is 0 Å². The van der Waals surface area contributed by atoms with Crippen LogP contribution >= 0.6 is 0 Å². The number of rotatable bonds is 6. The molecule has 0 aliphatic rings. The van der Waals surface area contributed by atoms with Crippen molar-refractivity contribution in [3.05, 3.63) is 53.9 Å². The molecule has 6 heteroatoms. The Labute approximate surface area is 125 Å². The predicted octanol–water partition coefficient (Wildman–Crippen LogP) is 2.29. The van der Waals surface area contributed by atoms with Gasteiger partial charge in [-0.15, -0.1) is 0 Å². The standard InChI is InChI=1S/C15H19N3O2S/c1-2-3-12-4-6-13(7-5-12)18-21(19,20)15-9-8-14(10-16)17-11-15/h4-9,11,18H,2-3,10,16H2,1H3. The second-order valence-electron chi connectivity index (χ2n) is 4.74. The fourth-order valence-electron chi connectivity index (χ4n) is 1.93. The van der Waals surface area contributed by atoms with Crippen LogP contribution in [0.1, 0.15) is 24.6 Å². The lowest BCUT2D eigenvalue weighted by Gasteiger charge is -2.09. The third-order valence-electron chi connectivity index (χ3n) is 3.06. The maximum absolute atomic E-state index is 12.2. The highest BCUT2D eigenvalue weighted by Gasteiger charge is 2.14. The first-order chi connectivity index (χ1) is 10.0. The Balaban J connectivity index is 2.16. The Bertz CT molecular complexity index is 680. The highest BCUT2D eigenvalue weighted by Crippen LogP contribution is 2.16. The van der Waals surface area contributed by atoms with Gasteiger partial charge < -0.3 is 5.73 Å². The number of sulfonamides is 1. The molecule has 1 aromatic heterocycles. The minimum absolute atomic E-state index is 0.123. The van der Waals surface area contributed by atoms with Crippen LogP contribution in [0, 0.1) is 0 Å². The van der Waals surface area contributed by atoms with E-state index in [0.29, 0.717) is 11.4 Å². The Hall–Kier alpha value is -1.92. The van der Waals surface area contributed by atoms with Crippen LogP contribution < -0.4 is 10.5 Å². The molecule has 1 aromatic carbocycles. The van der Waals surface area contributed by atoms with Crippen LogP contribution in [-0.4, -0.2) is 13.4 Å². The summed E-state index contributed by atoms with van der Waals surface area (Å²) < 4.78 is 27.0. The van der Waals surface area contributed by atoms with Gasteiger partial charge in [0.05, 0.1) is 5.69 Å². The van der Waals surface area contributed by atoms with Crippen molar-refractivity contribution in [3.8, 4) is 0 Å². The molecule has 112 valence electrons. The van der Waals surface area contributed by atoms with Crippen molar-refractivity contribution < 1.29 is 8.42 Å². The minimum Gasteiger partial charge on any atom is -0.325 e. The molecule has 0 unspecified atom stereocenters. The van der Waals surface area contributed by atoms with E-state index in [-0.39, 0.29) is 11.4 Å². The molecule has 0 aliphatic heterocycles. The van der Waals surface area contributed by atoms with E-state index in [2.05, 4.69) is 16.6 Å². The molecule has 0 spiro atoms. The van der Waals surface area contributed by atoms with Crippen LogP contribution in [0.4, 0.5) is 5.69 Å². The van der Waals surface area contributed by atoms with Gasteiger partial charge in [0, 0.05) is 18.4 Å². The number of benzene rings is 1. The van der Waals surface area contributed by atoms with E-state index in [1.54, 1.807) is 18.2 Å². The number of pyridine rings is 1. The van der Waals surface area contributed by atoms with E-state index >= 15 is 0 Å². The fourth-order valence-corrected chi connectivity index (χ4v) is 2.94. The summed E-state index contributed by atoms with van der Waals surface area (Å²) in [6.45, 7) is 2.39. The minimum atomic E-state index is -3.62. The van der Waals surface area contributed by atoms with E-state index in [4.69, 9.17) is 5.73 Å². The second-order valence-corrected chi connectivity index (χ2v) is 6.42. The molecular formula is C15H19N3O2S. The van der Waals surface area contributed by atoms with Gasteiger partial charge in [-0.2, -0.15) is 0 Å². The Morgan fingerprint density at radius 3 is 2.38 bits per heavy atom. The van der Waals surface area contributed by atoms with Crippen LogP contribution in [-0.2, 0) is 23.0 Å². The summed E-state index contributed by atoms with van der Waals surface area (Å²) in [7, 11) is -3.62. The van der Waals surface area contributed by atoms with Crippen LogP contribution in [0.25, 0.3) is 0 Å². The number of nitrogens with one attached hydrogen (secondary N) is 1. The first-order valence-corrected chi connectivity index (χ1v) is 8.30. The molecule has 0 saturated heterocycles. The lowest BCUT2D eigenvalue weighted by Crippen LogP contribution is -2.13. The summed E-state index contributed by atoms with van der Waals surface area (Å²) in [5.41, 5.74) is 7.82.